The largest absolute Gasteiger partial charge is 0.484 e. The Hall–Kier alpha value is -2.93. The van der Waals surface area contributed by atoms with Crippen molar-refractivity contribution in [3.63, 3.8) is 0 Å². The summed E-state index contributed by atoms with van der Waals surface area (Å²) in [5, 5.41) is 3.24. The molecule has 3 aromatic rings. The summed E-state index contributed by atoms with van der Waals surface area (Å²) in [5.41, 5.74) is 2.54. The van der Waals surface area contributed by atoms with Crippen LogP contribution in [0.2, 0.25) is 0 Å². The Kier molecular flexibility index (Phi) is 6.82. The molecule has 0 aliphatic heterocycles. The summed E-state index contributed by atoms with van der Waals surface area (Å²) in [7, 11) is 0. The summed E-state index contributed by atoms with van der Waals surface area (Å²) in [4.78, 5) is 28.6. The second kappa shape index (κ2) is 9.92. The number of nitrogens with one attached hydrogen (secondary N) is 1. The lowest BCUT2D eigenvalue weighted by Crippen LogP contribution is -2.20. The number of hydrogen-bond donors (Lipinski definition) is 1. The lowest BCUT2D eigenvalue weighted by molar-refractivity contribution is -0.118. The fraction of sp³-hybridized carbons (Fsp3) is 0.375. The Morgan fingerprint density at radius 3 is 2.61 bits per heavy atom. The van der Waals surface area contributed by atoms with Gasteiger partial charge in [-0.15, -0.1) is 0 Å². The van der Waals surface area contributed by atoms with E-state index in [1.54, 1.807) is 25.1 Å². The van der Waals surface area contributed by atoms with Gasteiger partial charge in [0, 0.05) is 0 Å². The van der Waals surface area contributed by atoms with Crippen molar-refractivity contribution in [2.45, 2.75) is 44.9 Å². The molecule has 1 aliphatic carbocycles. The molecule has 4 rings (SSSR count). The fourth-order valence-corrected chi connectivity index (χ4v) is 4.82. The summed E-state index contributed by atoms with van der Waals surface area (Å²) in [6.07, 6.45) is 6.46. The summed E-state index contributed by atoms with van der Waals surface area (Å²) >= 11 is 1.31. The van der Waals surface area contributed by atoms with Crippen LogP contribution in [0.25, 0.3) is 10.2 Å². The van der Waals surface area contributed by atoms with E-state index >= 15 is 0 Å². The lowest BCUT2D eigenvalue weighted by Gasteiger charge is -2.22. The molecule has 1 amide bonds. The first-order valence-corrected chi connectivity index (χ1v) is 11.5. The molecule has 0 atom stereocenters. The van der Waals surface area contributed by atoms with E-state index in [0.717, 1.165) is 4.70 Å². The van der Waals surface area contributed by atoms with E-state index in [0.29, 0.717) is 34.5 Å². The number of carbonyl (C=O) groups is 2. The van der Waals surface area contributed by atoms with Gasteiger partial charge in [0.2, 0.25) is 0 Å². The van der Waals surface area contributed by atoms with Crippen molar-refractivity contribution in [2.75, 3.05) is 18.5 Å². The first-order valence-electron chi connectivity index (χ1n) is 10.7. The number of aromatic nitrogens is 1. The Morgan fingerprint density at radius 1 is 1.10 bits per heavy atom. The lowest BCUT2D eigenvalue weighted by atomic mass is 9.84. The zero-order chi connectivity index (χ0) is 21.6. The number of thiazole rings is 1. The van der Waals surface area contributed by atoms with E-state index in [1.165, 1.54) is 49.0 Å². The second-order valence-corrected chi connectivity index (χ2v) is 8.69. The number of benzene rings is 2. The van der Waals surface area contributed by atoms with E-state index in [9.17, 15) is 9.59 Å². The molecule has 1 N–H and O–H groups in total. The molecule has 0 bridgehead atoms. The van der Waals surface area contributed by atoms with Gasteiger partial charge in [-0.05, 0) is 61.6 Å². The minimum absolute atomic E-state index is 0.0905. The van der Waals surface area contributed by atoms with E-state index in [4.69, 9.17) is 9.47 Å². The molecule has 0 radical (unpaired) electrons. The normalized spacial score (nSPS) is 14.4. The monoisotopic (exact) mass is 438 g/mol. The maximum atomic E-state index is 12.3. The van der Waals surface area contributed by atoms with Gasteiger partial charge in [0.25, 0.3) is 5.91 Å². The molecule has 1 saturated carbocycles. The highest BCUT2D eigenvalue weighted by Crippen LogP contribution is 2.33. The third-order valence-corrected chi connectivity index (χ3v) is 6.41. The summed E-state index contributed by atoms with van der Waals surface area (Å²) in [6, 6.07) is 13.2. The quantitative estimate of drug-likeness (QED) is 0.490. The van der Waals surface area contributed by atoms with Crippen molar-refractivity contribution in [3.8, 4) is 5.75 Å². The minimum atomic E-state index is -0.369. The fourth-order valence-electron chi connectivity index (χ4n) is 3.90. The number of ether oxygens (including phenoxy) is 2. The van der Waals surface area contributed by atoms with Gasteiger partial charge in [-0.3, -0.25) is 10.1 Å². The molecule has 6 nitrogen and oxygen atoms in total. The van der Waals surface area contributed by atoms with Crippen molar-refractivity contribution in [1.29, 1.82) is 0 Å². The Balaban J connectivity index is 1.32. The topological polar surface area (TPSA) is 77.5 Å². The number of nitrogens with zero attached hydrogens (tertiary/aromatic N) is 1. The van der Waals surface area contributed by atoms with Crippen LogP contribution in [0, 0.1) is 0 Å². The van der Waals surface area contributed by atoms with Crippen LogP contribution in [0.15, 0.2) is 42.5 Å². The molecular formula is C24H26N2O4S. The number of carbonyl (C=O) groups excluding carboxylic acids is 2. The summed E-state index contributed by atoms with van der Waals surface area (Å²) in [5.74, 6) is 0.680. The number of amides is 1. The first-order chi connectivity index (χ1) is 15.1. The third kappa shape index (κ3) is 5.41. The standard InChI is InChI=1S/C24H26N2O4S/c1-2-29-23(28)18-10-13-20-21(14-18)31-24(25-20)26-22(27)15-30-19-11-8-17(9-12-19)16-6-4-3-5-7-16/h8-14,16H,2-7,15H2,1H3,(H,25,26,27). The van der Waals surface area contributed by atoms with Gasteiger partial charge < -0.3 is 9.47 Å². The summed E-state index contributed by atoms with van der Waals surface area (Å²) in [6.45, 7) is 2.00. The van der Waals surface area contributed by atoms with Gasteiger partial charge in [-0.1, -0.05) is 42.7 Å². The second-order valence-electron chi connectivity index (χ2n) is 7.66. The molecule has 31 heavy (non-hydrogen) atoms. The van der Waals surface area contributed by atoms with E-state index in [-0.39, 0.29) is 18.5 Å². The summed E-state index contributed by atoms with van der Waals surface area (Å²) < 4.78 is 11.5. The SMILES string of the molecule is CCOC(=O)c1ccc2nc(NC(=O)COc3ccc(C4CCCCC4)cc3)sc2c1. The van der Waals surface area contributed by atoms with Crippen molar-refractivity contribution in [3.05, 3.63) is 53.6 Å². The number of anilines is 1. The van der Waals surface area contributed by atoms with Crippen LogP contribution in [0.5, 0.6) is 5.75 Å². The van der Waals surface area contributed by atoms with Crippen LogP contribution in [0.1, 0.15) is 60.9 Å². The number of hydrogen-bond acceptors (Lipinski definition) is 6. The van der Waals surface area contributed by atoms with Crippen molar-refractivity contribution < 1.29 is 19.1 Å². The smallest absolute Gasteiger partial charge is 0.338 e. The van der Waals surface area contributed by atoms with Gasteiger partial charge in [0.1, 0.15) is 5.75 Å². The van der Waals surface area contributed by atoms with E-state index in [1.807, 2.05) is 12.1 Å². The highest BCUT2D eigenvalue weighted by molar-refractivity contribution is 7.22. The van der Waals surface area contributed by atoms with Crippen molar-refractivity contribution in [2.24, 2.45) is 0 Å². The average Bonchev–Trinajstić information content (AvgIpc) is 3.20. The molecule has 1 fully saturated rings. The first kappa shape index (κ1) is 21.3. The number of fused-ring (bicyclic) bond motifs is 1. The average molecular weight is 439 g/mol. The molecule has 0 spiro atoms. The zero-order valence-electron chi connectivity index (χ0n) is 17.6. The van der Waals surface area contributed by atoms with Crippen LogP contribution in [0.4, 0.5) is 5.13 Å². The molecule has 0 unspecified atom stereocenters. The van der Waals surface area contributed by atoms with Crippen molar-refractivity contribution >= 4 is 38.6 Å². The molecule has 0 saturated heterocycles. The molecule has 7 heteroatoms. The van der Waals surface area contributed by atoms with Crippen LogP contribution in [-0.4, -0.2) is 30.1 Å². The maximum absolute atomic E-state index is 12.3. The van der Waals surface area contributed by atoms with Gasteiger partial charge >= 0.3 is 5.97 Å². The Bertz CT molecular complexity index is 1060. The third-order valence-electron chi connectivity index (χ3n) is 5.47. The van der Waals surface area contributed by atoms with Crippen LogP contribution >= 0.6 is 11.3 Å². The van der Waals surface area contributed by atoms with Gasteiger partial charge in [0.15, 0.2) is 11.7 Å². The van der Waals surface area contributed by atoms with Gasteiger partial charge in [-0.25, -0.2) is 9.78 Å². The minimum Gasteiger partial charge on any atom is -0.484 e. The Labute approximate surface area is 185 Å². The van der Waals surface area contributed by atoms with E-state index < -0.39 is 0 Å². The molecule has 1 aromatic heterocycles. The van der Waals surface area contributed by atoms with Crippen LogP contribution in [-0.2, 0) is 9.53 Å². The zero-order valence-corrected chi connectivity index (χ0v) is 18.4. The number of rotatable bonds is 7. The number of esters is 1. The molecule has 162 valence electrons. The highest BCUT2D eigenvalue weighted by atomic mass is 32.1. The van der Waals surface area contributed by atoms with E-state index in [2.05, 4.69) is 22.4 Å². The van der Waals surface area contributed by atoms with Gasteiger partial charge in [0.05, 0.1) is 22.4 Å². The molecule has 2 aromatic carbocycles. The highest BCUT2D eigenvalue weighted by Gasteiger charge is 2.16. The predicted octanol–water partition coefficient (Wildman–Crippen LogP) is 5.54. The molecule has 1 aliphatic rings. The van der Waals surface area contributed by atoms with Gasteiger partial charge in [-0.2, -0.15) is 0 Å². The molecular weight excluding hydrogens is 412 g/mol. The van der Waals surface area contributed by atoms with Crippen LogP contribution in [0.3, 0.4) is 0 Å². The Morgan fingerprint density at radius 2 is 1.87 bits per heavy atom. The van der Waals surface area contributed by atoms with Crippen LogP contribution < -0.4 is 10.1 Å². The molecule has 1 heterocycles. The van der Waals surface area contributed by atoms with Crippen molar-refractivity contribution in [1.82, 2.24) is 4.98 Å². The predicted molar refractivity (Wildman–Crippen MR) is 122 cm³/mol. The maximum Gasteiger partial charge on any atom is 0.338 e.